The number of benzene rings is 3. The molecular weight excluding hydrogens is 388 g/mol. The number of para-hydroxylation sites is 1. The molecule has 3 aromatic carbocycles. The van der Waals surface area contributed by atoms with E-state index in [-0.39, 0.29) is 16.8 Å². The van der Waals surface area contributed by atoms with Gasteiger partial charge in [0.15, 0.2) is 0 Å². The van der Waals surface area contributed by atoms with Crippen LogP contribution in [0.5, 0.6) is 0 Å². The lowest BCUT2D eigenvalue weighted by atomic mass is 10.0. The highest BCUT2D eigenvalue weighted by molar-refractivity contribution is 7.13. The molecule has 0 atom stereocenters. The highest BCUT2D eigenvalue weighted by Gasteiger charge is 2.18. The van der Waals surface area contributed by atoms with Gasteiger partial charge in [-0.15, -0.1) is 11.3 Å². The van der Waals surface area contributed by atoms with Gasteiger partial charge >= 0.3 is 11.3 Å². The van der Waals surface area contributed by atoms with Gasteiger partial charge in [-0.25, -0.2) is 9.78 Å². The van der Waals surface area contributed by atoms with Crippen molar-refractivity contribution < 1.29 is 9.34 Å². The van der Waals surface area contributed by atoms with E-state index in [0.717, 1.165) is 22.0 Å². The fourth-order valence-electron chi connectivity index (χ4n) is 3.39. The van der Waals surface area contributed by atoms with Crippen LogP contribution < -0.4 is 5.63 Å². The molecule has 0 spiro atoms. The Morgan fingerprint density at radius 2 is 1.69 bits per heavy atom. The van der Waals surface area contributed by atoms with Crippen molar-refractivity contribution in [2.45, 2.75) is 0 Å². The minimum atomic E-state index is -0.648. The number of aromatic nitrogens is 1. The van der Waals surface area contributed by atoms with Crippen LogP contribution in [0.4, 0.5) is 5.69 Å². The molecule has 2 heterocycles. The third-order valence-electron chi connectivity index (χ3n) is 4.74. The molecular formula is C22H12N2O4S. The predicted molar refractivity (Wildman–Crippen MR) is 113 cm³/mol. The third-order valence-corrected chi connectivity index (χ3v) is 5.61. The Bertz CT molecular complexity index is 1460. The Hall–Kier alpha value is -3.84. The zero-order chi connectivity index (χ0) is 20.0. The first-order valence-electron chi connectivity index (χ1n) is 8.77. The summed E-state index contributed by atoms with van der Waals surface area (Å²) in [6, 6.07) is 20.2. The molecule has 0 fully saturated rings. The summed E-state index contributed by atoms with van der Waals surface area (Å²) >= 11 is 1.33. The fraction of sp³-hybridized carbons (Fsp3) is 0. The second-order valence-electron chi connectivity index (χ2n) is 6.46. The number of rotatable bonds is 3. The minimum absolute atomic E-state index is 0.0305. The van der Waals surface area contributed by atoms with Crippen LogP contribution in [0.3, 0.4) is 0 Å². The highest BCUT2D eigenvalue weighted by Crippen LogP contribution is 2.33. The maximum Gasteiger partial charge on any atom is 0.346 e. The molecule has 29 heavy (non-hydrogen) atoms. The van der Waals surface area contributed by atoms with Crippen molar-refractivity contribution in [1.29, 1.82) is 0 Å². The third kappa shape index (κ3) is 2.88. The molecule has 0 bridgehead atoms. The fourth-order valence-corrected chi connectivity index (χ4v) is 4.22. The lowest BCUT2D eigenvalue weighted by Gasteiger charge is -2.03. The summed E-state index contributed by atoms with van der Waals surface area (Å²) in [6.07, 6.45) is 0. The summed E-state index contributed by atoms with van der Waals surface area (Å²) in [5.41, 5.74) is 1.12. The van der Waals surface area contributed by atoms with Gasteiger partial charge in [0.25, 0.3) is 0 Å². The van der Waals surface area contributed by atoms with Crippen molar-refractivity contribution in [2.24, 2.45) is 0 Å². The minimum Gasteiger partial charge on any atom is -0.415 e. The van der Waals surface area contributed by atoms with Gasteiger partial charge in [0, 0.05) is 22.4 Å². The quantitative estimate of drug-likeness (QED) is 0.222. The van der Waals surface area contributed by atoms with Crippen molar-refractivity contribution in [3.05, 3.63) is 92.6 Å². The van der Waals surface area contributed by atoms with Crippen LogP contribution in [-0.4, -0.2) is 9.91 Å². The van der Waals surface area contributed by atoms with E-state index in [1.807, 2.05) is 47.8 Å². The van der Waals surface area contributed by atoms with E-state index >= 15 is 0 Å². The van der Waals surface area contributed by atoms with Crippen LogP contribution >= 0.6 is 11.3 Å². The van der Waals surface area contributed by atoms with E-state index in [2.05, 4.69) is 4.98 Å². The van der Waals surface area contributed by atoms with Gasteiger partial charge in [-0.3, -0.25) is 10.1 Å². The number of hydrogen-bond donors (Lipinski definition) is 0. The van der Waals surface area contributed by atoms with Crippen molar-refractivity contribution in [3.63, 3.8) is 0 Å². The molecule has 0 radical (unpaired) electrons. The van der Waals surface area contributed by atoms with Gasteiger partial charge in [-0.05, 0) is 16.8 Å². The van der Waals surface area contributed by atoms with Gasteiger partial charge in [-0.2, -0.15) is 0 Å². The molecule has 0 unspecified atom stereocenters. The summed E-state index contributed by atoms with van der Waals surface area (Å²) in [7, 11) is 0. The van der Waals surface area contributed by atoms with Gasteiger partial charge in [0.2, 0.25) is 5.58 Å². The van der Waals surface area contributed by atoms with E-state index in [1.165, 1.54) is 17.4 Å². The van der Waals surface area contributed by atoms with Crippen LogP contribution in [0.25, 0.3) is 43.6 Å². The number of fused-ring (bicyclic) bond motifs is 2. The zero-order valence-corrected chi connectivity index (χ0v) is 15.7. The van der Waals surface area contributed by atoms with Crippen LogP contribution in [0, 0.1) is 10.1 Å². The van der Waals surface area contributed by atoms with Crippen LogP contribution in [0.2, 0.25) is 0 Å². The molecule has 0 aliphatic rings. The normalized spacial score (nSPS) is 11.2. The Kier molecular flexibility index (Phi) is 3.96. The SMILES string of the molecule is O=c1oc2c([N+](=O)[O-])cccc2cc1-c1nc(-c2cccc3ccccc23)cs1. The number of nitrogens with zero attached hydrogens (tertiary/aromatic N) is 2. The molecule has 0 amide bonds. The number of hydrogen-bond acceptors (Lipinski definition) is 6. The summed E-state index contributed by atoms with van der Waals surface area (Å²) in [4.78, 5) is 27.8. The van der Waals surface area contributed by atoms with E-state index in [4.69, 9.17) is 4.42 Å². The number of non-ortho nitro benzene ring substituents is 1. The molecule has 5 rings (SSSR count). The van der Waals surface area contributed by atoms with E-state index in [0.29, 0.717) is 10.4 Å². The molecule has 0 aliphatic carbocycles. The van der Waals surface area contributed by atoms with Crippen molar-refractivity contribution in [2.75, 3.05) is 0 Å². The Balaban J connectivity index is 1.66. The first kappa shape index (κ1) is 17.3. The smallest absolute Gasteiger partial charge is 0.346 e. The van der Waals surface area contributed by atoms with E-state index in [1.54, 1.807) is 18.2 Å². The van der Waals surface area contributed by atoms with Crippen molar-refractivity contribution >= 4 is 38.8 Å². The second kappa shape index (κ2) is 6.65. The largest absolute Gasteiger partial charge is 0.415 e. The average molecular weight is 400 g/mol. The number of thiazole rings is 1. The highest BCUT2D eigenvalue weighted by atomic mass is 32.1. The summed E-state index contributed by atoms with van der Waals surface area (Å²) in [5.74, 6) is 0. The number of nitro benzene ring substituents is 1. The molecule has 6 nitrogen and oxygen atoms in total. The number of nitro groups is 1. The lowest BCUT2D eigenvalue weighted by molar-refractivity contribution is -0.383. The van der Waals surface area contributed by atoms with Crippen LogP contribution in [0.1, 0.15) is 0 Å². The Morgan fingerprint density at radius 1 is 0.931 bits per heavy atom. The monoisotopic (exact) mass is 400 g/mol. The molecule has 0 saturated carbocycles. The van der Waals surface area contributed by atoms with E-state index in [9.17, 15) is 14.9 Å². The standard InChI is InChI=1S/C22H12N2O4S/c25-22-17(11-14-7-4-10-19(24(26)27)20(14)28-22)21-23-18(12-29-21)16-9-3-6-13-5-1-2-8-15(13)16/h1-12H. The summed E-state index contributed by atoms with van der Waals surface area (Å²) < 4.78 is 5.29. The van der Waals surface area contributed by atoms with Gasteiger partial charge in [0.05, 0.1) is 16.2 Å². The molecule has 7 heteroatoms. The molecule has 0 N–H and O–H groups in total. The Labute approximate surface area is 167 Å². The summed E-state index contributed by atoms with van der Waals surface area (Å²) in [6.45, 7) is 0. The van der Waals surface area contributed by atoms with Crippen molar-refractivity contribution in [3.8, 4) is 21.8 Å². The van der Waals surface area contributed by atoms with E-state index < -0.39 is 10.5 Å². The van der Waals surface area contributed by atoms with Gasteiger partial charge in [-0.1, -0.05) is 54.6 Å². The molecule has 0 saturated heterocycles. The van der Waals surface area contributed by atoms with Gasteiger partial charge < -0.3 is 4.42 Å². The molecule has 140 valence electrons. The second-order valence-corrected chi connectivity index (χ2v) is 7.32. The van der Waals surface area contributed by atoms with Gasteiger partial charge in [0.1, 0.15) is 5.01 Å². The average Bonchev–Trinajstić information content (AvgIpc) is 3.22. The zero-order valence-electron chi connectivity index (χ0n) is 14.9. The Morgan fingerprint density at radius 3 is 2.55 bits per heavy atom. The summed E-state index contributed by atoms with van der Waals surface area (Å²) in [5, 5.41) is 16.3. The maximum absolute atomic E-state index is 12.5. The topological polar surface area (TPSA) is 86.2 Å². The first-order chi connectivity index (χ1) is 14.1. The van der Waals surface area contributed by atoms with Crippen molar-refractivity contribution in [1.82, 2.24) is 4.98 Å². The van der Waals surface area contributed by atoms with Crippen LogP contribution in [-0.2, 0) is 0 Å². The molecule has 2 aromatic heterocycles. The molecule has 0 aliphatic heterocycles. The van der Waals surface area contributed by atoms with Crippen LogP contribution in [0.15, 0.2) is 81.3 Å². The predicted octanol–water partition coefficient (Wildman–Crippen LogP) is 5.64. The lowest BCUT2D eigenvalue weighted by Crippen LogP contribution is -2.03. The first-order valence-corrected chi connectivity index (χ1v) is 9.65. The molecule has 5 aromatic rings. The maximum atomic E-state index is 12.5.